The van der Waals surface area contributed by atoms with E-state index >= 15 is 0 Å². The van der Waals surface area contributed by atoms with Crippen LogP contribution in [0.3, 0.4) is 0 Å². The van der Waals surface area contributed by atoms with Crippen LogP contribution in [0, 0.1) is 13.8 Å². The van der Waals surface area contributed by atoms with Crippen LogP contribution in [0.1, 0.15) is 28.4 Å². The summed E-state index contributed by atoms with van der Waals surface area (Å²) in [5.41, 5.74) is 5.02. The molecular formula is C16H19BrN2. The van der Waals surface area contributed by atoms with Crippen molar-refractivity contribution < 1.29 is 0 Å². The van der Waals surface area contributed by atoms with Crippen molar-refractivity contribution in [2.75, 3.05) is 7.05 Å². The first-order chi connectivity index (χ1) is 9.11. The highest BCUT2D eigenvalue weighted by atomic mass is 79.9. The molecule has 0 aliphatic heterocycles. The van der Waals surface area contributed by atoms with E-state index in [4.69, 9.17) is 0 Å². The Morgan fingerprint density at radius 1 is 1.21 bits per heavy atom. The number of rotatable bonds is 4. The van der Waals surface area contributed by atoms with E-state index in [1.165, 1.54) is 16.7 Å². The quantitative estimate of drug-likeness (QED) is 0.922. The molecule has 100 valence electrons. The van der Waals surface area contributed by atoms with Crippen molar-refractivity contribution >= 4 is 15.9 Å². The van der Waals surface area contributed by atoms with Crippen LogP contribution in [-0.4, -0.2) is 12.0 Å². The standard InChI is InChI=1S/C16H19BrN2/c1-11-6-7-13(17)9-14(11)16(18-3)10-15-12(2)5-4-8-19-15/h4-9,16,18H,10H2,1-3H3. The molecule has 0 bridgehead atoms. The van der Waals surface area contributed by atoms with E-state index in [2.05, 4.69) is 64.3 Å². The van der Waals surface area contributed by atoms with Crippen LogP contribution in [0.2, 0.25) is 0 Å². The molecule has 0 fully saturated rings. The summed E-state index contributed by atoms with van der Waals surface area (Å²) in [4.78, 5) is 4.49. The summed E-state index contributed by atoms with van der Waals surface area (Å²) in [6, 6.07) is 10.8. The van der Waals surface area contributed by atoms with Crippen LogP contribution < -0.4 is 5.32 Å². The topological polar surface area (TPSA) is 24.9 Å². The number of hydrogen-bond donors (Lipinski definition) is 1. The van der Waals surface area contributed by atoms with E-state index in [0.29, 0.717) is 0 Å². The van der Waals surface area contributed by atoms with Crippen LogP contribution >= 0.6 is 15.9 Å². The molecule has 19 heavy (non-hydrogen) atoms. The predicted octanol–water partition coefficient (Wildman–Crippen LogP) is 3.96. The molecule has 1 aromatic heterocycles. The highest BCUT2D eigenvalue weighted by molar-refractivity contribution is 9.10. The SMILES string of the molecule is CNC(Cc1ncccc1C)c1cc(Br)ccc1C. The normalized spacial score (nSPS) is 12.4. The van der Waals surface area contributed by atoms with Crippen molar-refractivity contribution in [1.82, 2.24) is 10.3 Å². The lowest BCUT2D eigenvalue weighted by atomic mass is 9.96. The fourth-order valence-corrected chi connectivity index (χ4v) is 2.66. The third kappa shape index (κ3) is 3.43. The van der Waals surface area contributed by atoms with Gasteiger partial charge in [-0.25, -0.2) is 0 Å². The van der Waals surface area contributed by atoms with Gasteiger partial charge in [0.2, 0.25) is 0 Å². The molecule has 2 rings (SSSR count). The average molecular weight is 319 g/mol. The summed E-state index contributed by atoms with van der Waals surface area (Å²) in [5, 5.41) is 3.40. The van der Waals surface area contributed by atoms with Gasteiger partial charge in [0.05, 0.1) is 0 Å². The van der Waals surface area contributed by atoms with E-state index < -0.39 is 0 Å². The zero-order valence-electron chi connectivity index (χ0n) is 11.6. The lowest BCUT2D eigenvalue weighted by molar-refractivity contribution is 0.579. The third-order valence-corrected chi connectivity index (χ3v) is 3.97. The number of likely N-dealkylation sites (N-methyl/N-ethyl adjacent to an activating group) is 1. The van der Waals surface area contributed by atoms with Crippen molar-refractivity contribution in [1.29, 1.82) is 0 Å². The Labute approximate surface area is 123 Å². The maximum atomic E-state index is 4.49. The highest BCUT2D eigenvalue weighted by Gasteiger charge is 2.14. The Morgan fingerprint density at radius 3 is 2.68 bits per heavy atom. The molecule has 0 aliphatic carbocycles. The molecule has 0 radical (unpaired) electrons. The number of nitrogens with zero attached hydrogens (tertiary/aromatic N) is 1. The molecule has 1 unspecified atom stereocenters. The van der Waals surface area contributed by atoms with Crippen LogP contribution in [0.25, 0.3) is 0 Å². The first kappa shape index (κ1) is 14.2. The van der Waals surface area contributed by atoms with Gasteiger partial charge < -0.3 is 5.32 Å². The monoisotopic (exact) mass is 318 g/mol. The van der Waals surface area contributed by atoms with Gasteiger partial charge in [0, 0.05) is 28.8 Å². The van der Waals surface area contributed by atoms with E-state index in [-0.39, 0.29) is 6.04 Å². The van der Waals surface area contributed by atoms with Gasteiger partial charge in [0.25, 0.3) is 0 Å². The van der Waals surface area contributed by atoms with Gasteiger partial charge in [-0.05, 0) is 55.8 Å². The molecule has 3 heteroatoms. The Morgan fingerprint density at radius 2 is 2.00 bits per heavy atom. The largest absolute Gasteiger partial charge is 0.313 e. The summed E-state index contributed by atoms with van der Waals surface area (Å²) in [6.45, 7) is 4.26. The lowest BCUT2D eigenvalue weighted by Crippen LogP contribution is -2.20. The zero-order chi connectivity index (χ0) is 13.8. The molecule has 1 heterocycles. The Kier molecular flexibility index (Phi) is 4.72. The fraction of sp³-hybridized carbons (Fsp3) is 0.312. The summed E-state index contributed by atoms with van der Waals surface area (Å²) in [6.07, 6.45) is 2.77. The summed E-state index contributed by atoms with van der Waals surface area (Å²) < 4.78 is 1.12. The van der Waals surface area contributed by atoms with Gasteiger partial charge in [-0.2, -0.15) is 0 Å². The number of pyridine rings is 1. The van der Waals surface area contributed by atoms with Crippen molar-refractivity contribution in [2.45, 2.75) is 26.3 Å². The molecule has 0 saturated carbocycles. The Balaban J connectivity index is 2.30. The van der Waals surface area contributed by atoms with E-state index in [1.807, 2.05) is 19.3 Å². The van der Waals surface area contributed by atoms with Crippen molar-refractivity contribution in [3.63, 3.8) is 0 Å². The second-order valence-corrected chi connectivity index (χ2v) is 5.73. The third-order valence-electron chi connectivity index (χ3n) is 3.48. The van der Waals surface area contributed by atoms with Gasteiger partial charge in [0.15, 0.2) is 0 Å². The number of aryl methyl sites for hydroxylation is 2. The molecule has 0 amide bonds. The second-order valence-electron chi connectivity index (χ2n) is 4.81. The van der Waals surface area contributed by atoms with Crippen LogP contribution in [0.15, 0.2) is 41.0 Å². The summed E-state index contributed by atoms with van der Waals surface area (Å²) >= 11 is 3.55. The van der Waals surface area contributed by atoms with Gasteiger partial charge in [-0.3, -0.25) is 4.98 Å². The first-order valence-electron chi connectivity index (χ1n) is 6.45. The highest BCUT2D eigenvalue weighted by Crippen LogP contribution is 2.25. The minimum absolute atomic E-state index is 0.283. The molecule has 0 aliphatic rings. The summed E-state index contributed by atoms with van der Waals surface area (Å²) in [7, 11) is 2.00. The Hall–Kier alpha value is -1.19. The molecule has 2 aromatic rings. The maximum Gasteiger partial charge on any atom is 0.0451 e. The molecule has 0 spiro atoms. The number of nitrogens with one attached hydrogen (secondary N) is 1. The molecule has 1 N–H and O–H groups in total. The summed E-state index contributed by atoms with van der Waals surface area (Å²) in [5.74, 6) is 0. The molecule has 2 nitrogen and oxygen atoms in total. The van der Waals surface area contributed by atoms with E-state index in [0.717, 1.165) is 16.6 Å². The van der Waals surface area contributed by atoms with E-state index in [9.17, 15) is 0 Å². The minimum atomic E-state index is 0.283. The predicted molar refractivity (Wildman–Crippen MR) is 83.4 cm³/mol. The molecule has 0 saturated heterocycles. The molecule has 1 aromatic carbocycles. The number of benzene rings is 1. The van der Waals surface area contributed by atoms with Crippen molar-refractivity contribution in [3.05, 3.63) is 63.4 Å². The number of hydrogen-bond acceptors (Lipinski definition) is 2. The Bertz CT molecular complexity index is 566. The zero-order valence-corrected chi connectivity index (χ0v) is 13.2. The minimum Gasteiger partial charge on any atom is -0.313 e. The number of halogens is 1. The van der Waals surface area contributed by atoms with Crippen LogP contribution in [0.4, 0.5) is 0 Å². The van der Waals surface area contributed by atoms with Crippen LogP contribution in [-0.2, 0) is 6.42 Å². The second kappa shape index (κ2) is 6.31. The molecule has 1 atom stereocenters. The van der Waals surface area contributed by atoms with Gasteiger partial charge in [-0.1, -0.05) is 28.1 Å². The van der Waals surface area contributed by atoms with E-state index in [1.54, 1.807) is 0 Å². The first-order valence-corrected chi connectivity index (χ1v) is 7.25. The molecular weight excluding hydrogens is 300 g/mol. The fourth-order valence-electron chi connectivity index (χ4n) is 2.28. The van der Waals surface area contributed by atoms with Crippen molar-refractivity contribution in [2.24, 2.45) is 0 Å². The van der Waals surface area contributed by atoms with Gasteiger partial charge in [0.1, 0.15) is 0 Å². The lowest BCUT2D eigenvalue weighted by Gasteiger charge is -2.19. The van der Waals surface area contributed by atoms with Gasteiger partial charge in [-0.15, -0.1) is 0 Å². The average Bonchev–Trinajstić information content (AvgIpc) is 2.41. The van der Waals surface area contributed by atoms with Gasteiger partial charge >= 0.3 is 0 Å². The van der Waals surface area contributed by atoms with Crippen LogP contribution in [0.5, 0.6) is 0 Å². The smallest absolute Gasteiger partial charge is 0.0451 e. The number of aromatic nitrogens is 1. The maximum absolute atomic E-state index is 4.49. The van der Waals surface area contributed by atoms with Crippen molar-refractivity contribution in [3.8, 4) is 0 Å².